The van der Waals surface area contributed by atoms with Crippen LogP contribution in [0.1, 0.15) is 31.2 Å². The van der Waals surface area contributed by atoms with Crippen molar-refractivity contribution >= 4 is 17.8 Å². The van der Waals surface area contributed by atoms with Crippen LogP contribution < -0.4 is 10.6 Å². The van der Waals surface area contributed by atoms with Crippen molar-refractivity contribution < 1.29 is 9.90 Å². The van der Waals surface area contributed by atoms with Crippen LogP contribution in [0.15, 0.2) is 29.2 Å². The van der Waals surface area contributed by atoms with Crippen LogP contribution in [-0.2, 0) is 0 Å². The zero-order valence-electron chi connectivity index (χ0n) is 12.5. The molecule has 21 heavy (non-hydrogen) atoms. The Bertz CT molecular complexity index is 442. The molecule has 0 bridgehead atoms. The highest BCUT2D eigenvalue weighted by atomic mass is 32.2. The lowest BCUT2D eigenvalue weighted by Crippen LogP contribution is -2.44. The zero-order valence-corrected chi connectivity index (χ0v) is 13.3. The van der Waals surface area contributed by atoms with Gasteiger partial charge in [0.25, 0.3) is 0 Å². The maximum atomic E-state index is 11.8. The first kappa shape index (κ1) is 16.2. The summed E-state index contributed by atoms with van der Waals surface area (Å²) in [6.45, 7) is 2.73. The topological polar surface area (TPSA) is 61.4 Å². The van der Waals surface area contributed by atoms with E-state index in [4.69, 9.17) is 0 Å². The third kappa shape index (κ3) is 5.98. The number of carbonyl (C=O) groups is 1. The molecule has 0 atom stereocenters. The summed E-state index contributed by atoms with van der Waals surface area (Å²) in [6, 6.07) is 8.51. The average molecular weight is 308 g/mol. The molecule has 4 nitrogen and oxygen atoms in total. The van der Waals surface area contributed by atoms with Gasteiger partial charge in [0.05, 0.1) is 6.10 Å². The van der Waals surface area contributed by atoms with Gasteiger partial charge in [-0.3, -0.25) is 0 Å². The van der Waals surface area contributed by atoms with Crippen molar-refractivity contribution in [1.82, 2.24) is 10.6 Å². The lowest BCUT2D eigenvalue weighted by molar-refractivity contribution is 0.117. The molecule has 0 heterocycles. The number of nitrogens with one attached hydrogen (secondary N) is 2. The first-order valence-corrected chi connectivity index (χ1v) is 8.54. The average Bonchev–Trinajstić information content (AvgIpc) is 2.48. The standard InChI is InChI=1S/C16H24N2O2S/c1-12-2-8-15(9-3-12)21-11-10-17-16(20)18-13-4-6-14(19)7-5-13/h2-3,8-9,13-14,19H,4-7,10-11H2,1H3,(H2,17,18,20). The minimum atomic E-state index is -0.183. The Morgan fingerprint density at radius 1 is 1.24 bits per heavy atom. The maximum Gasteiger partial charge on any atom is 0.315 e. The summed E-state index contributed by atoms with van der Waals surface area (Å²) in [5, 5.41) is 15.3. The Labute approximate surface area is 130 Å². The molecule has 2 amide bonds. The summed E-state index contributed by atoms with van der Waals surface area (Å²) in [7, 11) is 0. The molecule has 0 saturated heterocycles. The largest absolute Gasteiger partial charge is 0.393 e. The van der Waals surface area contributed by atoms with Crippen LogP contribution in [0.2, 0.25) is 0 Å². The molecule has 116 valence electrons. The third-order valence-electron chi connectivity index (χ3n) is 3.71. The van der Waals surface area contributed by atoms with E-state index in [0.717, 1.165) is 31.4 Å². The molecule has 1 aromatic rings. The minimum absolute atomic E-state index is 0.0964. The van der Waals surface area contributed by atoms with E-state index in [9.17, 15) is 9.90 Å². The van der Waals surface area contributed by atoms with Crippen molar-refractivity contribution in [3.05, 3.63) is 29.8 Å². The molecule has 1 aliphatic carbocycles. The van der Waals surface area contributed by atoms with Crippen molar-refractivity contribution in [2.75, 3.05) is 12.3 Å². The van der Waals surface area contributed by atoms with Gasteiger partial charge >= 0.3 is 6.03 Å². The van der Waals surface area contributed by atoms with Gasteiger partial charge in [-0.25, -0.2) is 4.79 Å². The van der Waals surface area contributed by atoms with E-state index in [1.54, 1.807) is 11.8 Å². The van der Waals surface area contributed by atoms with Gasteiger partial charge in [-0.1, -0.05) is 17.7 Å². The molecule has 1 fully saturated rings. The molecule has 2 rings (SSSR count). The van der Waals surface area contributed by atoms with Crippen LogP contribution in [-0.4, -0.2) is 35.6 Å². The smallest absolute Gasteiger partial charge is 0.315 e. The lowest BCUT2D eigenvalue weighted by atomic mass is 9.93. The van der Waals surface area contributed by atoms with Crippen molar-refractivity contribution in [3.63, 3.8) is 0 Å². The fourth-order valence-electron chi connectivity index (χ4n) is 2.42. The van der Waals surface area contributed by atoms with Gasteiger partial charge in [0.1, 0.15) is 0 Å². The van der Waals surface area contributed by atoms with Crippen molar-refractivity contribution in [2.45, 2.75) is 49.6 Å². The van der Waals surface area contributed by atoms with Crippen LogP contribution in [0.5, 0.6) is 0 Å². The number of urea groups is 1. The predicted molar refractivity (Wildman–Crippen MR) is 86.7 cm³/mol. The van der Waals surface area contributed by atoms with E-state index in [2.05, 4.69) is 41.8 Å². The van der Waals surface area contributed by atoms with Crippen LogP contribution in [0.4, 0.5) is 4.79 Å². The monoisotopic (exact) mass is 308 g/mol. The van der Waals surface area contributed by atoms with E-state index in [-0.39, 0.29) is 18.2 Å². The van der Waals surface area contributed by atoms with Crippen molar-refractivity contribution in [2.24, 2.45) is 0 Å². The summed E-state index contributed by atoms with van der Waals surface area (Å²) in [6.07, 6.45) is 3.12. The minimum Gasteiger partial charge on any atom is -0.393 e. The molecule has 1 saturated carbocycles. The van der Waals surface area contributed by atoms with Crippen LogP contribution in [0.3, 0.4) is 0 Å². The van der Waals surface area contributed by atoms with Gasteiger partial charge in [-0.05, 0) is 44.7 Å². The molecule has 0 aromatic heterocycles. The summed E-state index contributed by atoms with van der Waals surface area (Å²) in [4.78, 5) is 13.0. The molecule has 0 unspecified atom stereocenters. The number of amides is 2. The Balaban J connectivity index is 1.58. The second kappa shape index (κ2) is 8.29. The van der Waals surface area contributed by atoms with Crippen molar-refractivity contribution in [1.29, 1.82) is 0 Å². The SMILES string of the molecule is Cc1ccc(SCCNC(=O)NC2CCC(O)CC2)cc1. The van der Waals surface area contributed by atoms with Gasteiger partial charge in [-0.2, -0.15) is 0 Å². The molecule has 0 radical (unpaired) electrons. The highest BCUT2D eigenvalue weighted by Crippen LogP contribution is 2.18. The number of thioether (sulfide) groups is 1. The Morgan fingerprint density at radius 2 is 1.90 bits per heavy atom. The van der Waals surface area contributed by atoms with E-state index in [0.29, 0.717) is 6.54 Å². The summed E-state index contributed by atoms with van der Waals surface area (Å²) in [5.41, 5.74) is 1.26. The molecule has 0 spiro atoms. The first-order valence-electron chi connectivity index (χ1n) is 7.55. The molecule has 1 aliphatic rings. The number of benzene rings is 1. The fraction of sp³-hybridized carbons (Fsp3) is 0.562. The maximum absolute atomic E-state index is 11.8. The number of hydrogen-bond donors (Lipinski definition) is 3. The zero-order chi connectivity index (χ0) is 15.1. The van der Waals surface area contributed by atoms with E-state index in [1.165, 1.54) is 10.5 Å². The normalized spacial score (nSPS) is 21.8. The van der Waals surface area contributed by atoms with E-state index >= 15 is 0 Å². The lowest BCUT2D eigenvalue weighted by Gasteiger charge is -2.26. The number of aliphatic hydroxyl groups is 1. The second-order valence-corrected chi connectivity index (χ2v) is 6.74. The number of aliphatic hydroxyl groups excluding tert-OH is 1. The Morgan fingerprint density at radius 3 is 2.57 bits per heavy atom. The second-order valence-electron chi connectivity index (χ2n) is 5.57. The van der Waals surface area contributed by atoms with E-state index in [1.807, 2.05) is 0 Å². The highest BCUT2D eigenvalue weighted by molar-refractivity contribution is 7.99. The Hall–Kier alpha value is -1.20. The third-order valence-corrected chi connectivity index (χ3v) is 4.72. The van der Waals surface area contributed by atoms with Crippen LogP contribution in [0, 0.1) is 6.92 Å². The molecular weight excluding hydrogens is 284 g/mol. The fourth-order valence-corrected chi connectivity index (χ4v) is 3.19. The van der Waals surface area contributed by atoms with Gasteiger partial charge < -0.3 is 15.7 Å². The van der Waals surface area contributed by atoms with Crippen molar-refractivity contribution in [3.8, 4) is 0 Å². The van der Waals surface area contributed by atoms with Gasteiger partial charge in [0.15, 0.2) is 0 Å². The molecule has 1 aromatic carbocycles. The molecular formula is C16H24N2O2S. The number of aryl methyl sites for hydroxylation is 1. The van der Waals surface area contributed by atoms with Crippen LogP contribution >= 0.6 is 11.8 Å². The summed E-state index contributed by atoms with van der Waals surface area (Å²) in [5.74, 6) is 0.861. The highest BCUT2D eigenvalue weighted by Gasteiger charge is 2.20. The first-order chi connectivity index (χ1) is 10.1. The van der Waals surface area contributed by atoms with Gasteiger partial charge in [0.2, 0.25) is 0 Å². The number of carbonyl (C=O) groups excluding carboxylic acids is 1. The summed E-state index contributed by atoms with van der Waals surface area (Å²) < 4.78 is 0. The quantitative estimate of drug-likeness (QED) is 0.579. The Kier molecular flexibility index (Phi) is 6.39. The number of rotatable bonds is 5. The summed E-state index contributed by atoms with van der Waals surface area (Å²) >= 11 is 1.74. The van der Waals surface area contributed by atoms with Crippen LogP contribution in [0.25, 0.3) is 0 Å². The van der Waals surface area contributed by atoms with Gasteiger partial charge in [0, 0.05) is 23.2 Å². The molecule has 3 N–H and O–H groups in total. The van der Waals surface area contributed by atoms with E-state index < -0.39 is 0 Å². The predicted octanol–water partition coefficient (Wildman–Crippen LogP) is 2.69. The molecule has 0 aliphatic heterocycles. The number of hydrogen-bond acceptors (Lipinski definition) is 3. The molecule has 5 heteroatoms. The van der Waals surface area contributed by atoms with Gasteiger partial charge in [-0.15, -0.1) is 11.8 Å².